The molecule has 1 aromatic rings. The first-order chi connectivity index (χ1) is 6.92. The van der Waals surface area contributed by atoms with Gasteiger partial charge in [-0.15, -0.1) is 0 Å². The van der Waals surface area contributed by atoms with Crippen LogP contribution in [0.15, 0.2) is 29.4 Å². The van der Waals surface area contributed by atoms with Gasteiger partial charge in [0.2, 0.25) is 0 Å². The fourth-order valence-corrected chi connectivity index (χ4v) is 1.74. The van der Waals surface area contributed by atoms with Crippen LogP contribution in [0.1, 0.15) is 17.2 Å². The van der Waals surface area contributed by atoms with Gasteiger partial charge in [0, 0.05) is 4.91 Å². The van der Waals surface area contributed by atoms with E-state index in [2.05, 4.69) is 16.1 Å². The monoisotopic (exact) mass is 189 g/mol. The first kappa shape index (κ1) is 9.06. The van der Waals surface area contributed by atoms with E-state index in [1.807, 2.05) is 18.2 Å². The largest absolute Gasteiger partial charge is 0.373 e. The minimum Gasteiger partial charge on any atom is -0.373 e. The van der Waals surface area contributed by atoms with Crippen LogP contribution < -0.4 is 0 Å². The normalized spacial score (nSPS) is 19.6. The van der Waals surface area contributed by atoms with Crippen LogP contribution in [-0.4, -0.2) is 13.2 Å². The highest BCUT2D eigenvalue weighted by molar-refractivity contribution is 5.31. The topological polar surface area (TPSA) is 58.0 Å². The van der Waals surface area contributed by atoms with Crippen molar-refractivity contribution in [1.82, 2.24) is 0 Å². The van der Waals surface area contributed by atoms with Crippen LogP contribution in [-0.2, 0) is 11.2 Å². The van der Waals surface area contributed by atoms with Crippen LogP contribution in [0.4, 0.5) is 0 Å². The number of azide groups is 1. The molecule has 72 valence electrons. The first-order valence-corrected chi connectivity index (χ1v) is 4.62. The average Bonchev–Trinajstić information content (AvgIpc) is 2.26. The highest BCUT2D eigenvalue weighted by Gasteiger charge is 2.18. The second kappa shape index (κ2) is 4.13. The Labute approximate surface area is 82.1 Å². The lowest BCUT2D eigenvalue weighted by molar-refractivity contribution is 0.0486. The summed E-state index contributed by atoms with van der Waals surface area (Å²) in [6.07, 6.45) is 0.888. The molecule has 1 atom stereocenters. The second-order valence-electron chi connectivity index (χ2n) is 3.22. The number of rotatable bonds is 2. The summed E-state index contributed by atoms with van der Waals surface area (Å²) in [5.74, 6) is 0. The minimum absolute atomic E-state index is 0.0594. The van der Waals surface area contributed by atoms with Crippen LogP contribution >= 0.6 is 0 Å². The quantitative estimate of drug-likeness (QED) is 0.400. The third-order valence-electron chi connectivity index (χ3n) is 2.40. The number of nitrogens with zero attached hydrogens (tertiary/aromatic N) is 3. The molecule has 0 amide bonds. The van der Waals surface area contributed by atoms with E-state index < -0.39 is 0 Å². The summed E-state index contributed by atoms with van der Waals surface area (Å²) in [5.41, 5.74) is 10.7. The smallest absolute Gasteiger partial charge is 0.0884 e. The van der Waals surface area contributed by atoms with Gasteiger partial charge in [0.15, 0.2) is 0 Å². The summed E-state index contributed by atoms with van der Waals surface area (Å²) in [4.78, 5) is 2.75. The van der Waals surface area contributed by atoms with Crippen LogP contribution in [0.25, 0.3) is 10.4 Å². The molecule has 0 radical (unpaired) electrons. The molecule has 1 aliphatic heterocycles. The molecule has 14 heavy (non-hydrogen) atoms. The van der Waals surface area contributed by atoms with Gasteiger partial charge in [0.05, 0.1) is 19.3 Å². The molecule has 4 nitrogen and oxygen atoms in total. The van der Waals surface area contributed by atoms with Gasteiger partial charge in [-0.2, -0.15) is 0 Å². The molecule has 0 saturated heterocycles. The number of benzene rings is 1. The minimum atomic E-state index is -0.0594. The number of hydrogen-bond acceptors (Lipinski definition) is 2. The predicted octanol–water partition coefficient (Wildman–Crippen LogP) is 2.61. The zero-order valence-corrected chi connectivity index (χ0v) is 7.76. The fraction of sp³-hybridized carbons (Fsp3) is 0.400. The molecule has 0 aromatic heterocycles. The van der Waals surface area contributed by atoms with Gasteiger partial charge in [0.1, 0.15) is 0 Å². The maximum absolute atomic E-state index is 8.25. The van der Waals surface area contributed by atoms with Crippen molar-refractivity contribution in [2.24, 2.45) is 5.11 Å². The molecule has 1 aromatic carbocycles. The third-order valence-corrected chi connectivity index (χ3v) is 2.40. The Bertz CT molecular complexity index is 371. The Morgan fingerprint density at radius 3 is 3.21 bits per heavy atom. The Morgan fingerprint density at radius 2 is 2.36 bits per heavy atom. The highest BCUT2D eigenvalue weighted by Crippen LogP contribution is 2.26. The van der Waals surface area contributed by atoms with Crippen LogP contribution in [0, 0.1) is 0 Å². The van der Waals surface area contributed by atoms with Crippen LogP contribution in [0.2, 0.25) is 0 Å². The molecule has 0 fully saturated rings. The number of fused-ring (bicyclic) bond motifs is 1. The van der Waals surface area contributed by atoms with Gasteiger partial charge in [-0.05, 0) is 23.1 Å². The molecule has 0 aliphatic carbocycles. The van der Waals surface area contributed by atoms with Crippen molar-refractivity contribution < 1.29 is 4.74 Å². The summed E-state index contributed by atoms with van der Waals surface area (Å²) >= 11 is 0. The Balaban J connectivity index is 2.26. The van der Waals surface area contributed by atoms with E-state index in [0.29, 0.717) is 13.2 Å². The lowest BCUT2D eigenvalue weighted by Gasteiger charge is -2.24. The Morgan fingerprint density at radius 1 is 1.50 bits per heavy atom. The maximum atomic E-state index is 8.25. The molecule has 4 heteroatoms. The van der Waals surface area contributed by atoms with E-state index in [-0.39, 0.29) is 6.10 Å². The summed E-state index contributed by atoms with van der Waals surface area (Å²) in [6.45, 7) is 1.09. The van der Waals surface area contributed by atoms with E-state index in [9.17, 15) is 0 Å². The summed E-state index contributed by atoms with van der Waals surface area (Å²) in [6, 6.07) is 8.14. The van der Waals surface area contributed by atoms with Crippen molar-refractivity contribution in [3.05, 3.63) is 45.8 Å². The van der Waals surface area contributed by atoms with Crippen molar-refractivity contribution in [1.29, 1.82) is 0 Å². The molecule has 1 heterocycles. The van der Waals surface area contributed by atoms with Gasteiger partial charge < -0.3 is 4.74 Å². The van der Waals surface area contributed by atoms with Crippen molar-refractivity contribution in [2.45, 2.75) is 12.5 Å². The van der Waals surface area contributed by atoms with Gasteiger partial charge in [-0.25, -0.2) is 0 Å². The molecule has 0 bridgehead atoms. The SMILES string of the molecule is [N-]=[N+]=NCC1OCCc2ccccc21. The molecule has 0 spiro atoms. The molecule has 1 unspecified atom stereocenters. The third kappa shape index (κ3) is 1.71. The van der Waals surface area contributed by atoms with Crippen molar-refractivity contribution in [2.75, 3.05) is 13.2 Å². The van der Waals surface area contributed by atoms with Crippen molar-refractivity contribution >= 4 is 0 Å². The molecule has 0 saturated carbocycles. The highest BCUT2D eigenvalue weighted by atomic mass is 16.5. The van der Waals surface area contributed by atoms with E-state index >= 15 is 0 Å². The molecule has 1 aliphatic rings. The number of ether oxygens (including phenoxy) is 1. The van der Waals surface area contributed by atoms with Crippen molar-refractivity contribution in [3.8, 4) is 0 Å². The summed E-state index contributed by atoms with van der Waals surface area (Å²) in [7, 11) is 0. The van der Waals surface area contributed by atoms with Gasteiger partial charge in [-0.3, -0.25) is 0 Å². The standard InChI is InChI=1S/C10H11N3O/c11-13-12-7-10-9-4-2-1-3-8(9)5-6-14-10/h1-4,10H,5-7H2. The summed E-state index contributed by atoms with van der Waals surface area (Å²) < 4.78 is 5.54. The lowest BCUT2D eigenvalue weighted by atomic mass is 9.98. The Hall–Kier alpha value is -1.51. The Kier molecular flexibility index (Phi) is 2.68. The van der Waals surface area contributed by atoms with E-state index in [4.69, 9.17) is 10.3 Å². The van der Waals surface area contributed by atoms with E-state index in [1.165, 1.54) is 5.56 Å². The zero-order valence-electron chi connectivity index (χ0n) is 7.76. The van der Waals surface area contributed by atoms with Crippen LogP contribution in [0.5, 0.6) is 0 Å². The van der Waals surface area contributed by atoms with Crippen LogP contribution in [0.3, 0.4) is 0 Å². The van der Waals surface area contributed by atoms with Gasteiger partial charge >= 0.3 is 0 Å². The number of hydrogen-bond donors (Lipinski definition) is 0. The lowest BCUT2D eigenvalue weighted by Crippen LogP contribution is -2.18. The van der Waals surface area contributed by atoms with Gasteiger partial charge in [0.25, 0.3) is 0 Å². The zero-order chi connectivity index (χ0) is 9.80. The fourth-order valence-electron chi connectivity index (χ4n) is 1.74. The second-order valence-corrected chi connectivity index (χ2v) is 3.22. The molecular formula is C10H11N3O. The predicted molar refractivity (Wildman–Crippen MR) is 52.9 cm³/mol. The molecule has 0 N–H and O–H groups in total. The van der Waals surface area contributed by atoms with E-state index in [0.717, 1.165) is 12.0 Å². The first-order valence-electron chi connectivity index (χ1n) is 4.62. The maximum Gasteiger partial charge on any atom is 0.0884 e. The summed E-state index contributed by atoms with van der Waals surface area (Å²) in [5, 5.41) is 3.55. The molecule has 2 rings (SSSR count). The average molecular weight is 189 g/mol. The van der Waals surface area contributed by atoms with Crippen molar-refractivity contribution in [3.63, 3.8) is 0 Å². The van der Waals surface area contributed by atoms with Gasteiger partial charge in [-0.1, -0.05) is 29.4 Å². The van der Waals surface area contributed by atoms with E-state index in [1.54, 1.807) is 0 Å². The molecular weight excluding hydrogens is 178 g/mol.